The second-order valence-corrected chi connectivity index (χ2v) is 4.87. The number of hydrogen-bond donors (Lipinski definition) is 2. The summed E-state index contributed by atoms with van der Waals surface area (Å²) in [5.74, 6) is -1.70. The minimum absolute atomic E-state index is 0.0884. The van der Waals surface area contributed by atoms with E-state index in [0.29, 0.717) is 0 Å². The van der Waals surface area contributed by atoms with Gasteiger partial charge in [0.25, 0.3) is 5.56 Å². The lowest BCUT2D eigenvalue weighted by Crippen LogP contribution is -2.23. The van der Waals surface area contributed by atoms with Crippen LogP contribution in [0.4, 0.5) is 15.8 Å². The minimum Gasteiger partial charge on any atom is -0.478 e. The summed E-state index contributed by atoms with van der Waals surface area (Å²) in [4.78, 5) is 23.2. The third-order valence-corrected chi connectivity index (χ3v) is 3.22. The Morgan fingerprint density at radius 1 is 1.26 bits per heavy atom. The summed E-state index contributed by atoms with van der Waals surface area (Å²) in [7, 11) is 1.47. The highest BCUT2D eigenvalue weighted by Gasteiger charge is 2.17. The number of carboxylic acid groups (broad SMARTS) is 1. The SMILES string of the molecule is CC.Cc1ccc(Nc2c(C(=O)O)cn(C)c(=O)c2C)c(F)c1. The van der Waals surface area contributed by atoms with Gasteiger partial charge in [0.1, 0.15) is 5.82 Å². The predicted octanol–water partition coefficient (Wildman–Crippen LogP) is 3.61. The molecule has 0 unspecified atom stereocenters. The van der Waals surface area contributed by atoms with Crippen LogP contribution in [-0.4, -0.2) is 15.6 Å². The quantitative estimate of drug-likeness (QED) is 0.906. The lowest BCUT2D eigenvalue weighted by Gasteiger charge is -2.14. The average Bonchev–Trinajstić information content (AvgIpc) is 2.51. The Hall–Kier alpha value is -2.63. The van der Waals surface area contributed by atoms with Crippen molar-refractivity contribution in [3.63, 3.8) is 0 Å². The number of pyridine rings is 1. The number of hydrogen-bond acceptors (Lipinski definition) is 3. The van der Waals surface area contributed by atoms with E-state index in [4.69, 9.17) is 0 Å². The maximum Gasteiger partial charge on any atom is 0.339 e. The smallest absolute Gasteiger partial charge is 0.339 e. The van der Waals surface area contributed by atoms with Gasteiger partial charge in [-0.3, -0.25) is 4.79 Å². The van der Waals surface area contributed by atoms with Gasteiger partial charge in [-0.15, -0.1) is 0 Å². The van der Waals surface area contributed by atoms with Gasteiger partial charge in [0.15, 0.2) is 0 Å². The number of anilines is 2. The Morgan fingerprint density at radius 3 is 2.39 bits per heavy atom. The molecule has 0 aliphatic carbocycles. The highest BCUT2D eigenvalue weighted by Crippen LogP contribution is 2.25. The molecule has 0 fully saturated rings. The van der Waals surface area contributed by atoms with Crippen molar-refractivity contribution in [2.45, 2.75) is 27.7 Å². The van der Waals surface area contributed by atoms with Crippen LogP contribution in [0, 0.1) is 19.7 Å². The van der Waals surface area contributed by atoms with Crippen molar-refractivity contribution < 1.29 is 14.3 Å². The van der Waals surface area contributed by atoms with E-state index in [1.807, 2.05) is 13.8 Å². The van der Waals surface area contributed by atoms with Crippen molar-refractivity contribution in [3.05, 3.63) is 57.3 Å². The third kappa shape index (κ3) is 3.97. The van der Waals surface area contributed by atoms with E-state index in [1.165, 1.54) is 36.9 Å². The fraction of sp³-hybridized carbons (Fsp3) is 0.294. The Kier molecular flexibility index (Phi) is 6.07. The van der Waals surface area contributed by atoms with Crippen molar-refractivity contribution >= 4 is 17.3 Å². The first-order chi connectivity index (χ1) is 10.8. The third-order valence-electron chi connectivity index (χ3n) is 3.22. The second-order valence-electron chi connectivity index (χ2n) is 4.87. The van der Waals surface area contributed by atoms with E-state index in [-0.39, 0.29) is 28.1 Å². The molecular weight excluding hydrogens is 299 g/mol. The molecule has 1 aromatic heterocycles. The van der Waals surface area contributed by atoms with Crippen LogP contribution in [0.5, 0.6) is 0 Å². The summed E-state index contributed by atoms with van der Waals surface area (Å²) in [6.45, 7) is 7.25. The molecule has 0 atom stereocenters. The van der Waals surface area contributed by atoms with Crippen molar-refractivity contribution in [2.24, 2.45) is 7.05 Å². The zero-order chi connectivity index (χ0) is 17.7. The zero-order valence-electron chi connectivity index (χ0n) is 13.9. The molecule has 0 amide bonds. The largest absolute Gasteiger partial charge is 0.478 e. The molecule has 0 aliphatic heterocycles. The Morgan fingerprint density at radius 2 is 1.87 bits per heavy atom. The summed E-state index contributed by atoms with van der Waals surface area (Å²) in [6, 6.07) is 4.54. The number of nitrogens with one attached hydrogen (secondary N) is 1. The van der Waals surface area contributed by atoms with Crippen molar-refractivity contribution in [1.29, 1.82) is 0 Å². The minimum atomic E-state index is -1.19. The summed E-state index contributed by atoms with van der Waals surface area (Å²) in [5.41, 5.74) is 0.770. The van der Waals surface area contributed by atoms with Crippen LogP contribution >= 0.6 is 0 Å². The van der Waals surface area contributed by atoms with Gasteiger partial charge in [-0.05, 0) is 31.5 Å². The van der Waals surface area contributed by atoms with E-state index in [9.17, 15) is 19.1 Å². The number of halogens is 1. The topological polar surface area (TPSA) is 71.3 Å². The Labute approximate surface area is 134 Å². The molecule has 0 bridgehead atoms. The monoisotopic (exact) mass is 320 g/mol. The molecule has 0 radical (unpaired) electrons. The summed E-state index contributed by atoms with van der Waals surface area (Å²) in [5, 5.41) is 12.0. The van der Waals surface area contributed by atoms with Crippen LogP contribution < -0.4 is 10.9 Å². The summed E-state index contributed by atoms with van der Waals surface area (Å²) < 4.78 is 15.1. The first-order valence-corrected chi connectivity index (χ1v) is 7.28. The number of carbonyl (C=O) groups is 1. The van der Waals surface area contributed by atoms with Gasteiger partial charge in [0.05, 0.1) is 16.9 Å². The molecule has 0 aliphatic rings. The molecule has 2 rings (SSSR count). The Bertz CT molecular complexity index is 782. The highest BCUT2D eigenvalue weighted by atomic mass is 19.1. The standard InChI is InChI=1S/C15H15FN2O3.C2H6/c1-8-4-5-12(11(16)6-8)17-13-9(2)14(19)18(3)7-10(13)15(20)21;1-2/h4-7,17H,1-3H3,(H,20,21);1-2H3. The molecule has 6 heteroatoms. The van der Waals surface area contributed by atoms with Crippen LogP contribution in [0.3, 0.4) is 0 Å². The van der Waals surface area contributed by atoms with Crippen LogP contribution in [0.2, 0.25) is 0 Å². The van der Waals surface area contributed by atoms with Crippen LogP contribution in [0.25, 0.3) is 0 Å². The number of rotatable bonds is 3. The van der Waals surface area contributed by atoms with E-state index in [1.54, 1.807) is 13.0 Å². The maximum absolute atomic E-state index is 13.9. The molecular formula is C17H21FN2O3. The summed E-state index contributed by atoms with van der Waals surface area (Å²) >= 11 is 0. The highest BCUT2D eigenvalue weighted by molar-refractivity contribution is 5.95. The van der Waals surface area contributed by atoms with Gasteiger partial charge in [-0.1, -0.05) is 19.9 Å². The van der Waals surface area contributed by atoms with Gasteiger partial charge in [0.2, 0.25) is 0 Å². The molecule has 23 heavy (non-hydrogen) atoms. The molecule has 0 saturated heterocycles. The molecule has 1 heterocycles. The fourth-order valence-corrected chi connectivity index (χ4v) is 2.07. The lowest BCUT2D eigenvalue weighted by atomic mass is 10.1. The van der Waals surface area contributed by atoms with Crippen LogP contribution in [0.15, 0.2) is 29.2 Å². The summed E-state index contributed by atoms with van der Waals surface area (Å²) in [6.07, 6.45) is 1.21. The number of aryl methyl sites for hydroxylation is 2. The molecule has 1 aromatic carbocycles. The van der Waals surface area contributed by atoms with E-state index < -0.39 is 11.8 Å². The first kappa shape index (κ1) is 18.4. The predicted molar refractivity (Wildman–Crippen MR) is 89.1 cm³/mol. The lowest BCUT2D eigenvalue weighted by molar-refractivity contribution is 0.0697. The molecule has 5 nitrogen and oxygen atoms in total. The number of aromatic carboxylic acids is 1. The average molecular weight is 320 g/mol. The van der Waals surface area contributed by atoms with Gasteiger partial charge >= 0.3 is 5.97 Å². The van der Waals surface area contributed by atoms with Gasteiger partial charge < -0.3 is 15.0 Å². The Balaban J connectivity index is 0.00000127. The molecule has 2 aromatic rings. The van der Waals surface area contributed by atoms with Gasteiger partial charge in [-0.25, -0.2) is 9.18 Å². The first-order valence-electron chi connectivity index (χ1n) is 7.28. The molecule has 2 N–H and O–H groups in total. The molecule has 124 valence electrons. The number of carboxylic acids is 1. The fourth-order valence-electron chi connectivity index (χ4n) is 2.07. The molecule has 0 spiro atoms. The van der Waals surface area contributed by atoms with E-state index >= 15 is 0 Å². The van der Waals surface area contributed by atoms with Gasteiger partial charge in [-0.2, -0.15) is 0 Å². The second kappa shape index (κ2) is 7.58. The van der Waals surface area contributed by atoms with Crippen molar-refractivity contribution in [1.82, 2.24) is 4.57 Å². The zero-order valence-corrected chi connectivity index (χ0v) is 13.9. The molecule has 0 saturated carbocycles. The maximum atomic E-state index is 13.9. The van der Waals surface area contributed by atoms with E-state index in [2.05, 4.69) is 5.32 Å². The number of benzene rings is 1. The number of aromatic nitrogens is 1. The van der Waals surface area contributed by atoms with Crippen molar-refractivity contribution in [3.8, 4) is 0 Å². The van der Waals surface area contributed by atoms with Gasteiger partial charge in [0, 0.05) is 18.8 Å². The van der Waals surface area contributed by atoms with Crippen LogP contribution in [-0.2, 0) is 7.05 Å². The van der Waals surface area contributed by atoms with Crippen molar-refractivity contribution in [2.75, 3.05) is 5.32 Å². The number of nitrogens with zero attached hydrogens (tertiary/aromatic N) is 1. The normalized spacial score (nSPS) is 9.83. The van der Waals surface area contributed by atoms with E-state index in [0.717, 1.165) is 5.56 Å². The van der Waals surface area contributed by atoms with Crippen LogP contribution in [0.1, 0.15) is 35.3 Å².